The van der Waals surface area contributed by atoms with Crippen molar-refractivity contribution in [2.45, 2.75) is 0 Å². The number of nitrogens with two attached hydrogens (primary N) is 1. The van der Waals surface area contributed by atoms with Crippen LogP contribution in [0.25, 0.3) is 0 Å². The monoisotopic (exact) mass is 236 g/mol. The molecule has 0 aromatic heterocycles. The molecule has 0 unspecified atom stereocenters. The first-order valence-corrected chi connectivity index (χ1v) is 4.93. The molecule has 0 fully saturated rings. The van der Waals surface area contributed by atoms with Gasteiger partial charge in [0.15, 0.2) is 0 Å². The van der Waals surface area contributed by atoms with Gasteiger partial charge in [0.2, 0.25) is 5.75 Å². The Labute approximate surface area is 83.7 Å². The third-order valence-electron chi connectivity index (χ3n) is 1.32. The number of benzene rings is 1. The van der Waals surface area contributed by atoms with Crippen molar-refractivity contribution >= 4 is 16.0 Å². The molecule has 0 saturated carbocycles. The first-order valence-electron chi connectivity index (χ1n) is 3.46. The molecule has 1 aromatic carbocycles. The molecule has 82 valence electrons. The number of halogens is 1. The summed E-state index contributed by atoms with van der Waals surface area (Å²) in [4.78, 5) is 9.47. The molecule has 0 radical (unpaired) electrons. The molecule has 1 rings (SSSR count). The van der Waals surface area contributed by atoms with E-state index in [1.807, 2.05) is 0 Å². The van der Waals surface area contributed by atoms with E-state index in [9.17, 15) is 22.9 Å². The van der Waals surface area contributed by atoms with Crippen LogP contribution in [0.3, 0.4) is 0 Å². The average Bonchev–Trinajstić information content (AvgIpc) is 1.99. The van der Waals surface area contributed by atoms with Crippen LogP contribution in [0.1, 0.15) is 0 Å². The molecule has 0 aliphatic heterocycles. The van der Waals surface area contributed by atoms with Crippen LogP contribution in [0.15, 0.2) is 18.2 Å². The molecule has 15 heavy (non-hydrogen) atoms. The fourth-order valence-electron chi connectivity index (χ4n) is 0.831. The van der Waals surface area contributed by atoms with Crippen LogP contribution in [0, 0.1) is 15.9 Å². The summed E-state index contributed by atoms with van der Waals surface area (Å²) in [5.74, 6) is -1.64. The SMILES string of the molecule is NS(=O)(=O)Oc1cc(F)ccc1[N+](=O)[O-]. The Hall–Kier alpha value is -1.74. The standard InChI is InChI=1S/C6H5FN2O5S/c7-4-1-2-5(9(10)11)6(3-4)14-15(8,12)13/h1-3H,(H2,8,12,13). The second-order valence-corrected chi connectivity index (χ2v) is 3.60. The Bertz CT molecular complexity index is 500. The number of nitro groups is 1. The van der Waals surface area contributed by atoms with Crippen molar-refractivity contribution in [2.75, 3.05) is 0 Å². The van der Waals surface area contributed by atoms with E-state index < -0.39 is 32.5 Å². The number of rotatable bonds is 3. The molecule has 0 atom stereocenters. The van der Waals surface area contributed by atoms with E-state index in [0.29, 0.717) is 6.07 Å². The molecule has 0 bridgehead atoms. The molecule has 2 N–H and O–H groups in total. The fourth-order valence-corrected chi connectivity index (χ4v) is 1.21. The number of hydrogen-bond donors (Lipinski definition) is 1. The van der Waals surface area contributed by atoms with Gasteiger partial charge in [-0.1, -0.05) is 0 Å². The van der Waals surface area contributed by atoms with Gasteiger partial charge in [-0.25, -0.2) is 4.39 Å². The minimum absolute atomic E-state index is 0.558. The van der Waals surface area contributed by atoms with Crippen LogP contribution in [0.5, 0.6) is 5.75 Å². The molecule has 1 aromatic rings. The largest absolute Gasteiger partial charge is 0.380 e. The van der Waals surface area contributed by atoms with E-state index in [2.05, 4.69) is 9.32 Å². The van der Waals surface area contributed by atoms with Crippen molar-refractivity contribution < 1.29 is 21.9 Å². The maximum Gasteiger partial charge on any atom is 0.380 e. The highest BCUT2D eigenvalue weighted by atomic mass is 32.2. The van der Waals surface area contributed by atoms with Crippen molar-refractivity contribution in [3.05, 3.63) is 34.1 Å². The summed E-state index contributed by atoms with van der Waals surface area (Å²) < 4.78 is 37.7. The van der Waals surface area contributed by atoms with Gasteiger partial charge in [-0.05, 0) is 6.07 Å². The predicted octanol–water partition coefficient (Wildman–Crippen LogP) is 0.316. The van der Waals surface area contributed by atoms with Crippen molar-refractivity contribution in [1.82, 2.24) is 0 Å². The third kappa shape index (κ3) is 3.14. The lowest BCUT2D eigenvalue weighted by Crippen LogP contribution is -2.19. The van der Waals surface area contributed by atoms with E-state index in [1.165, 1.54) is 0 Å². The van der Waals surface area contributed by atoms with Crippen molar-refractivity contribution in [3.8, 4) is 5.75 Å². The molecule has 9 heteroatoms. The molecule has 0 amide bonds. The maximum absolute atomic E-state index is 12.6. The highest BCUT2D eigenvalue weighted by Gasteiger charge is 2.19. The Kier molecular flexibility index (Phi) is 2.86. The number of nitro benzene ring substituents is 1. The van der Waals surface area contributed by atoms with E-state index in [4.69, 9.17) is 0 Å². The molecule has 0 aliphatic carbocycles. The van der Waals surface area contributed by atoms with E-state index in [0.717, 1.165) is 12.1 Å². The lowest BCUT2D eigenvalue weighted by molar-refractivity contribution is -0.385. The highest BCUT2D eigenvalue weighted by molar-refractivity contribution is 7.84. The zero-order valence-corrected chi connectivity index (χ0v) is 7.90. The zero-order chi connectivity index (χ0) is 11.6. The summed E-state index contributed by atoms with van der Waals surface area (Å²) >= 11 is 0. The Morgan fingerprint density at radius 1 is 1.47 bits per heavy atom. The van der Waals surface area contributed by atoms with Crippen molar-refractivity contribution in [3.63, 3.8) is 0 Å². The van der Waals surface area contributed by atoms with Gasteiger partial charge in [0, 0.05) is 12.1 Å². The lowest BCUT2D eigenvalue weighted by atomic mass is 10.3. The first-order chi connectivity index (χ1) is 6.79. The molecule has 0 heterocycles. The summed E-state index contributed by atoms with van der Waals surface area (Å²) in [5, 5.41) is 14.9. The Morgan fingerprint density at radius 2 is 2.07 bits per heavy atom. The van der Waals surface area contributed by atoms with Crippen LogP contribution in [-0.2, 0) is 10.3 Å². The van der Waals surface area contributed by atoms with E-state index in [-0.39, 0.29) is 0 Å². The van der Waals surface area contributed by atoms with Crippen LogP contribution in [-0.4, -0.2) is 13.3 Å². The van der Waals surface area contributed by atoms with Crippen LogP contribution in [0.2, 0.25) is 0 Å². The quantitative estimate of drug-likeness (QED) is 0.599. The van der Waals surface area contributed by atoms with E-state index in [1.54, 1.807) is 0 Å². The van der Waals surface area contributed by atoms with Gasteiger partial charge in [0.25, 0.3) is 0 Å². The minimum atomic E-state index is -4.42. The second kappa shape index (κ2) is 3.79. The predicted molar refractivity (Wildman–Crippen MR) is 46.8 cm³/mol. The summed E-state index contributed by atoms with van der Waals surface area (Å²) in [6.45, 7) is 0. The molecule has 0 spiro atoms. The van der Waals surface area contributed by atoms with Crippen LogP contribution >= 0.6 is 0 Å². The van der Waals surface area contributed by atoms with Gasteiger partial charge < -0.3 is 4.18 Å². The van der Waals surface area contributed by atoms with Gasteiger partial charge >= 0.3 is 16.0 Å². The normalized spacial score (nSPS) is 11.1. The van der Waals surface area contributed by atoms with Gasteiger partial charge in [0.1, 0.15) is 5.82 Å². The maximum atomic E-state index is 12.6. The van der Waals surface area contributed by atoms with Crippen molar-refractivity contribution in [2.24, 2.45) is 5.14 Å². The van der Waals surface area contributed by atoms with Gasteiger partial charge in [-0.15, -0.1) is 0 Å². The van der Waals surface area contributed by atoms with Crippen LogP contribution < -0.4 is 9.32 Å². The molecule has 0 aliphatic rings. The summed E-state index contributed by atoms with van der Waals surface area (Å²) in [5.41, 5.74) is -0.689. The summed E-state index contributed by atoms with van der Waals surface area (Å²) in [6, 6.07) is 2.13. The van der Waals surface area contributed by atoms with Gasteiger partial charge in [-0.3, -0.25) is 10.1 Å². The minimum Gasteiger partial charge on any atom is -0.364 e. The fraction of sp³-hybridized carbons (Fsp3) is 0. The van der Waals surface area contributed by atoms with Gasteiger partial charge in [0.05, 0.1) is 4.92 Å². The molecule has 0 saturated heterocycles. The third-order valence-corrected chi connectivity index (χ3v) is 1.74. The lowest BCUT2D eigenvalue weighted by Gasteiger charge is -2.02. The second-order valence-electron chi connectivity index (χ2n) is 2.45. The zero-order valence-electron chi connectivity index (χ0n) is 7.08. The number of nitrogens with zero attached hydrogens (tertiary/aromatic N) is 1. The molecule has 7 nitrogen and oxygen atoms in total. The molecular formula is C6H5FN2O5S. The van der Waals surface area contributed by atoms with Crippen LogP contribution in [0.4, 0.5) is 10.1 Å². The highest BCUT2D eigenvalue weighted by Crippen LogP contribution is 2.27. The Morgan fingerprint density at radius 3 is 2.53 bits per heavy atom. The molecular weight excluding hydrogens is 231 g/mol. The average molecular weight is 236 g/mol. The smallest absolute Gasteiger partial charge is 0.364 e. The Balaban J connectivity index is 3.25. The topological polar surface area (TPSA) is 113 Å². The van der Waals surface area contributed by atoms with Gasteiger partial charge in [-0.2, -0.15) is 13.6 Å². The van der Waals surface area contributed by atoms with E-state index >= 15 is 0 Å². The summed E-state index contributed by atoms with van der Waals surface area (Å²) in [7, 11) is -4.42. The first kappa shape index (κ1) is 11.3. The summed E-state index contributed by atoms with van der Waals surface area (Å²) in [6.07, 6.45) is 0. The number of hydrogen-bond acceptors (Lipinski definition) is 5. The van der Waals surface area contributed by atoms with Crippen molar-refractivity contribution in [1.29, 1.82) is 0 Å².